The van der Waals surface area contributed by atoms with E-state index < -0.39 is 35.9 Å². The van der Waals surface area contributed by atoms with E-state index in [1.54, 1.807) is 0 Å². The first kappa shape index (κ1) is 21.3. The first-order valence-electron chi connectivity index (χ1n) is 7.43. The molecule has 0 spiro atoms. The van der Waals surface area contributed by atoms with Gasteiger partial charge in [-0.15, -0.1) is 5.23 Å². The molecule has 0 aliphatic heterocycles. The average molecular weight is 409 g/mol. The highest BCUT2D eigenvalue weighted by Crippen LogP contribution is 2.36. The Morgan fingerprint density at radius 3 is 1.93 bits per heavy atom. The zero-order chi connectivity index (χ0) is 21.3. The SMILES string of the molecule is NC(=O)c1cc(N(O)O)ccc1NCc1cc(C(F)(F)F)cc(C(F)(F)F)c1. The standard InChI is InChI=1S/C16H13F6N3O3/c17-15(18,19)9-3-8(4-10(5-9)16(20,21)22)7-24-13-2-1-11(25(27)28)6-12(13)14(23)26/h1-6,24,27-28H,7H2,(H2,23,26). The Morgan fingerprint density at radius 1 is 0.964 bits per heavy atom. The molecule has 0 aromatic heterocycles. The molecule has 2 rings (SSSR count). The Labute approximate surface area is 153 Å². The maximum atomic E-state index is 12.9. The molecule has 0 aliphatic carbocycles. The molecule has 5 N–H and O–H groups in total. The molecule has 2 aromatic rings. The Bertz CT molecular complexity index is 849. The predicted octanol–water partition coefficient (Wildman–Crippen LogP) is 4.02. The number of anilines is 2. The number of rotatable bonds is 5. The summed E-state index contributed by atoms with van der Waals surface area (Å²) in [6.07, 6.45) is -9.97. The molecule has 152 valence electrons. The van der Waals surface area contributed by atoms with E-state index in [0.717, 1.165) is 18.2 Å². The number of alkyl halides is 6. The lowest BCUT2D eigenvalue weighted by molar-refractivity contribution is -0.143. The van der Waals surface area contributed by atoms with Crippen LogP contribution in [-0.4, -0.2) is 16.3 Å². The summed E-state index contributed by atoms with van der Waals surface area (Å²) in [5, 5.41) is 20.1. The number of amides is 1. The largest absolute Gasteiger partial charge is 0.416 e. The molecule has 0 fully saturated rings. The van der Waals surface area contributed by atoms with Crippen molar-refractivity contribution in [3.8, 4) is 0 Å². The third-order valence-corrected chi connectivity index (χ3v) is 3.63. The second-order valence-corrected chi connectivity index (χ2v) is 5.65. The van der Waals surface area contributed by atoms with E-state index in [1.165, 1.54) is 0 Å². The topological polar surface area (TPSA) is 98.8 Å². The molecular formula is C16H13F6N3O3. The fourth-order valence-corrected chi connectivity index (χ4v) is 2.33. The highest BCUT2D eigenvalue weighted by atomic mass is 19.4. The fourth-order valence-electron chi connectivity index (χ4n) is 2.33. The molecular weight excluding hydrogens is 396 g/mol. The van der Waals surface area contributed by atoms with Gasteiger partial charge in [-0.1, -0.05) is 0 Å². The van der Waals surface area contributed by atoms with Gasteiger partial charge in [-0.3, -0.25) is 15.2 Å². The summed E-state index contributed by atoms with van der Waals surface area (Å²) in [7, 11) is 0. The third-order valence-electron chi connectivity index (χ3n) is 3.63. The average Bonchev–Trinajstić information content (AvgIpc) is 2.57. The number of primary amides is 1. The van der Waals surface area contributed by atoms with Crippen molar-refractivity contribution in [2.24, 2.45) is 5.73 Å². The number of carbonyl (C=O) groups is 1. The molecule has 0 atom stereocenters. The lowest BCUT2D eigenvalue weighted by atomic mass is 10.0. The van der Waals surface area contributed by atoms with Crippen molar-refractivity contribution in [3.05, 3.63) is 58.7 Å². The van der Waals surface area contributed by atoms with Crippen LogP contribution >= 0.6 is 0 Å². The van der Waals surface area contributed by atoms with Crippen LogP contribution in [0.3, 0.4) is 0 Å². The van der Waals surface area contributed by atoms with Gasteiger partial charge in [-0.25, -0.2) is 0 Å². The molecule has 1 amide bonds. The Morgan fingerprint density at radius 2 is 1.50 bits per heavy atom. The molecule has 2 aromatic carbocycles. The van der Waals surface area contributed by atoms with E-state index in [-0.39, 0.29) is 33.8 Å². The summed E-state index contributed by atoms with van der Waals surface area (Å²) >= 11 is 0. The molecule has 0 bridgehead atoms. The highest BCUT2D eigenvalue weighted by Gasteiger charge is 2.36. The first-order valence-corrected chi connectivity index (χ1v) is 7.43. The highest BCUT2D eigenvalue weighted by molar-refractivity contribution is 5.99. The minimum absolute atomic E-state index is 0.00418. The summed E-state index contributed by atoms with van der Waals surface area (Å²) in [4.78, 5) is 11.5. The smallest absolute Gasteiger partial charge is 0.380 e. The van der Waals surface area contributed by atoms with Gasteiger partial charge in [0.05, 0.1) is 22.4 Å². The van der Waals surface area contributed by atoms with Crippen LogP contribution in [0.15, 0.2) is 36.4 Å². The van der Waals surface area contributed by atoms with Gasteiger partial charge in [0.15, 0.2) is 0 Å². The van der Waals surface area contributed by atoms with Crippen LogP contribution in [0.2, 0.25) is 0 Å². The summed E-state index contributed by atoms with van der Waals surface area (Å²) in [5.74, 6) is -1.01. The van der Waals surface area contributed by atoms with Crippen molar-refractivity contribution in [1.29, 1.82) is 0 Å². The number of carbonyl (C=O) groups excluding carboxylic acids is 1. The molecule has 0 saturated carbocycles. The lowest BCUT2D eigenvalue weighted by Gasteiger charge is -2.16. The number of benzene rings is 2. The minimum Gasteiger partial charge on any atom is -0.380 e. The molecule has 0 unspecified atom stereocenters. The predicted molar refractivity (Wildman–Crippen MR) is 84.8 cm³/mol. The van der Waals surface area contributed by atoms with Crippen LogP contribution < -0.4 is 16.3 Å². The van der Waals surface area contributed by atoms with Crippen LogP contribution in [-0.2, 0) is 18.9 Å². The Balaban J connectivity index is 2.38. The Kier molecular flexibility index (Phi) is 5.75. The van der Waals surface area contributed by atoms with Gasteiger partial charge in [-0.2, -0.15) is 26.3 Å². The fraction of sp³-hybridized carbons (Fsp3) is 0.188. The van der Waals surface area contributed by atoms with Crippen molar-refractivity contribution in [2.75, 3.05) is 10.5 Å². The van der Waals surface area contributed by atoms with Gasteiger partial charge in [0.25, 0.3) is 5.91 Å². The van der Waals surface area contributed by atoms with Gasteiger partial charge in [-0.05, 0) is 42.0 Å². The zero-order valence-corrected chi connectivity index (χ0v) is 13.8. The molecule has 0 saturated heterocycles. The van der Waals surface area contributed by atoms with Gasteiger partial charge < -0.3 is 11.1 Å². The first-order chi connectivity index (χ1) is 12.8. The van der Waals surface area contributed by atoms with Crippen molar-refractivity contribution in [1.82, 2.24) is 0 Å². The zero-order valence-electron chi connectivity index (χ0n) is 13.8. The molecule has 0 radical (unpaired) electrons. The van der Waals surface area contributed by atoms with Crippen molar-refractivity contribution < 1.29 is 41.6 Å². The van der Waals surface area contributed by atoms with Crippen molar-refractivity contribution in [2.45, 2.75) is 18.9 Å². The molecule has 12 heteroatoms. The van der Waals surface area contributed by atoms with E-state index in [4.69, 9.17) is 16.1 Å². The summed E-state index contributed by atoms with van der Waals surface area (Å²) in [6.45, 7) is -0.491. The summed E-state index contributed by atoms with van der Waals surface area (Å²) < 4.78 is 77.3. The number of hydrogen-bond donors (Lipinski definition) is 4. The van der Waals surface area contributed by atoms with Crippen LogP contribution in [0.5, 0.6) is 0 Å². The molecule has 6 nitrogen and oxygen atoms in total. The van der Waals surface area contributed by atoms with Gasteiger partial charge in [0.1, 0.15) is 0 Å². The van der Waals surface area contributed by atoms with E-state index in [2.05, 4.69) is 5.32 Å². The Hall–Kier alpha value is -2.99. The van der Waals surface area contributed by atoms with Crippen LogP contribution in [0.1, 0.15) is 27.0 Å². The monoisotopic (exact) mass is 409 g/mol. The lowest BCUT2D eigenvalue weighted by Crippen LogP contribution is -2.17. The second kappa shape index (κ2) is 7.56. The van der Waals surface area contributed by atoms with Gasteiger partial charge >= 0.3 is 12.4 Å². The maximum absolute atomic E-state index is 12.9. The normalized spacial score (nSPS) is 12.0. The molecule has 0 aliphatic rings. The quantitative estimate of drug-likeness (QED) is 0.442. The number of nitrogens with two attached hydrogens (primary N) is 1. The number of nitrogens with one attached hydrogen (secondary N) is 1. The number of nitrogens with zero attached hydrogens (tertiary/aromatic N) is 1. The second-order valence-electron chi connectivity index (χ2n) is 5.65. The maximum Gasteiger partial charge on any atom is 0.416 e. The van der Waals surface area contributed by atoms with E-state index in [9.17, 15) is 31.1 Å². The number of hydrogen-bond acceptors (Lipinski definition) is 5. The molecule has 0 heterocycles. The van der Waals surface area contributed by atoms with Crippen LogP contribution in [0, 0.1) is 0 Å². The third kappa shape index (κ3) is 5.04. The van der Waals surface area contributed by atoms with Gasteiger partial charge in [0, 0.05) is 12.2 Å². The van der Waals surface area contributed by atoms with Crippen LogP contribution in [0.4, 0.5) is 37.7 Å². The van der Waals surface area contributed by atoms with Crippen molar-refractivity contribution >= 4 is 17.3 Å². The number of halogens is 6. The minimum atomic E-state index is -4.98. The van der Waals surface area contributed by atoms with E-state index >= 15 is 0 Å². The van der Waals surface area contributed by atoms with Crippen molar-refractivity contribution in [3.63, 3.8) is 0 Å². The van der Waals surface area contributed by atoms with E-state index in [1.807, 2.05) is 0 Å². The van der Waals surface area contributed by atoms with Gasteiger partial charge in [0.2, 0.25) is 0 Å². The van der Waals surface area contributed by atoms with E-state index in [0.29, 0.717) is 12.1 Å². The summed E-state index contributed by atoms with van der Waals surface area (Å²) in [5.41, 5.74) is 1.36. The van der Waals surface area contributed by atoms with Crippen LogP contribution in [0.25, 0.3) is 0 Å². The molecule has 28 heavy (non-hydrogen) atoms. The summed E-state index contributed by atoms with van der Waals surface area (Å²) in [6, 6.07) is 4.35.